The van der Waals surface area contributed by atoms with Crippen LogP contribution in [0.25, 0.3) is 11.1 Å². The Labute approximate surface area is 147 Å². The Hall–Kier alpha value is -2.08. The lowest BCUT2D eigenvalue weighted by molar-refractivity contribution is -0.134. The quantitative estimate of drug-likeness (QED) is 0.807. The maximum absolute atomic E-state index is 12.5. The van der Waals surface area contributed by atoms with Crippen molar-refractivity contribution in [2.75, 3.05) is 19.7 Å². The van der Waals surface area contributed by atoms with Gasteiger partial charge in [0.25, 0.3) is 0 Å². The van der Waals surface area contributed by atoms with Crippen molar-refractivity contribution in [2.45, 2.75) is 45.8 Å². The smallest absolute Gasteiger partial charge is 0.408 e. The number of ether oxygens (including phenoxy) is 1. The number of nitrogens with zero attached hydrogens (tertiary/aromatic N) is 2. The van der Waals surface area contributed by atoms with Gasteiger partial charge < -0.3 is 14.1 Å². The van der Waals surface area contributed by atoms with E-state index >= 15 is 0 Å². The lowest BCUT2D eigenvalue weighted by Crippen LogP contribution is -2.41. The fourth-order valence-electron chi connectivity index (χ4n) is 3.19. The fourth-order valence-corrected chi connectivity index (χ4v) is 3.19. The van der Waals surface area contributed by atoms with Crippen LogP contribution in [0.1, 0.15) is 33.1 Å². The summed E-state index contributed by atoms with van der Waals surface area (Å²) in [5.74, 6) is 0.206. The summed E-state index contributed by atoms with van der Waals surface area (Å²) in [6.07, 6.45) is 2.33. The molecular weight excluding hydrogens is 320 g/mol. The number of aromatic nitrogens is 1. The van der Waals surface area contributed by atoms with Crippen molar-refractivity contribution >= 4 is 17.0 Å². The van der Waals surface area contributed by atoms with Crippen LogP contribution in [0.3, 0.4) is 0 Å². The van der Waals surface area contributed by atoms with Crippen molar-refractivity contribution in [3.63, 3.8) is 0 Å². The second kappa shape index (κ2) is 7.87. The van der Waals surface area contributed by atoms with Gasteiger partial charge in [0.05, 0.1) is 11.6 Å². The number of piperidine rings is 1. The molecule has 6 heteroatoms. The standard InChI is InChI=1S/C19H26N2O4/c1-14(2)13-24-15-7-10-20(11-8-15)18(22)9-12-21-16-5-3-4-6-17(16)25-19(21)23/h3-6,14-15H,7-13H2,1-2H3. The molecule has 1 amide bonds. The Morgan fingerprint density at radius 1 is 1.28 bits per heavy atom. The molecule has 1 aromatic carbocycles. The van der Waals surface area contributed by atoms with Crippen LogP contribution in [0, 0.1) is 5.92 Å². The summed E-state index contributed by atoms with van der Waals surface area (Å²) < 4.78 is 12.6. The number of likely N-dealkylation sites (tertiary alicyclic amines) is 1. The first kappa shape index (κ1) is 17.7. The number of hydrogen-bond donors (Lipinski definition) is 0. The first-order valence-electron chi connectivity index (χ1n) is 9.02. The molecule has 6 nitrogen and oxygen atoms in total. The number of amides is 1. The van der Waals surface area contributed by atoms with E-state index < -0.39 is 5.76 Å². The van der Waals surface area contributed by atoms with Gasteiger partial charge >= 0.3 is 5.76 Å². The summed E-state index contributed by atoms with van der Waals surface area (Å²) in [6.45, 7) is 6.85. The Morgan fingerprint density at radius 3 is 2.72 bits per heavy atom. The highest BCUT2D eigenvalue weighted by atomic mass is 16.5. The lowest BCUT2D eigenvalue weighted by atomic mass is 10.1. The number of para-hydroxylation sites is 2. The second-order valence-corrected chi connectivity index (χ2v) is 7.04. The molecule has 0 atom stereocenters. The summed E-state index contributed by atoms with van der Waals surface area (Å²) in [4.78, 5) is 26.3. The molecule has 2 aromatic rings. The number of hydrogen-bond acceptors (Lipinski definition) is 4. The van der Waals surface area contributed by atoms with E-state index in [0.717, 1.165) is 38.1 Å². The van der Waals surface area contributed by atoms with E-state index in [9.17, 15) is 9.59 Å². The number of benzene rings is 1. The topological polar surface area (TPSA) is 64.7 Å². The Kier molecular flexibility index (Phi) is 5.58. The summed E-state index contributed by atoms with van der Waals surface area (Å²) >= 11 is 0. The van der Waals surface area contributed by atoms with E-state index in [1.807, 2.05) is 23.1 Å². The third-order valence-corrected chi connectivity index (χ3v) is 4.58. The van der Waals surface area contributed by atoms with Crippen LogP contribution in [0.4, 0.5) is 0 Å². The molecule has 136 valence electrons. The van der Waals surface area contributed by atoms with Crippen LogP contribution < -0.4 is 5.76 Å². The largest absolute Gasteiger partial charge is 0.419 e. The fraction of sp³-hybridized carbons (Fsp3) is 0.579. The van der Waals surface area contributed by atoms with Gasteiger partial charge in [-0.25, -0.2) is 4.79 Å². The second-order valence-electron chi connectivity index (χ2n) is 7.04. The number of aryl methyl sites for hydroxylation is 1. The Bertz CT molecular complexity index is 769. The maximum atomic E-state index is 12.5. The van der Waals surface area contributed by atoms with Crippen LogP contribution in [0.2, 0.25) is 0 Å². The summed E-state index contributed by atoms with van der Waals surface area (Å²) in [7, 11) is 0. The number of rotatable bonds is 6. The molecule has 0 spiro atoms. The zero-order valence-electron chi connectivity index (χ0n) is 14.9. The SMILES string of the molecule is CC(C)COC1CCN(C(=O)CCn2c(=O)oc3ccccc32)CC1. The van der Waals surface area contributed by atoms with Crippen LogP contribution in [0.15, 0.2) is 33.5 Å². The van der Waals surface area contributed by atoms with Crippen molar-refractivity contribution in [1.29, 1.82) is 0 Å². The zero-order chi connectivity index (χ0) is 17.8. The molecule has 25 heavy (non-hydrogen) atoms. The maximum Gasteiger partial charge on any atom is 0.419 e. The Morgan fingerprint density at radius 2 is 2.00 bits per heavy atom. The third kappa shape index (κ3) is 4.31. The summed E-state index contributed by atoms with van der Waals surface area (Å²) in [6, 6.07) is 7.28. The van der Waals surface area contributed by atoms with Gasteiger partial charge in [0.15, 0.2) is 5.58 Å². The minimum Gasteiger partial charge on any atom is -0.408 e. The number of carbonyl (C=O) groups excluding carboxylic acids is 1. The first-order chi connectivity index (χ1) is 12.0. The van der Waals surface area contributed by atoms with Crippen LogP contribution >= 0.6 is 0 Å². The molecule has 0 aliphatic carbocycles. The highest BCUT2D eigenvalue weighted by molar-refractivity contribution is 5.77. The Balaban J connectivity index is 1.52. The normalized spacial score (nSPS) is 16.0. The zero-order valence-corrected chi connectivity index (χ0v) is 14.9. The van der Waals surface area contributed by atoms with E-state index in [1.54, 1.807) is 6.07 Å². The predicted molar refractivity (Wildman–Crippen MR) is 95.5 cm³/mol. The highest BCUT2D eigenvalue weighted by Gasteiger charge is 2.23. The van der Waals surface area contributed by atoms with Gasteiger partial charge in [-0.15, -0.1) is 0 Å². The molecule has 0 N–H and O–H groups in total. The number of fused-ring (bicyclic) bond motifs is 1. The summed E-state index contributed by atoms with van der Waals surface area (Å²) in [5, 5.41) is 0. The van der Waals surface area contributed by atoms with Crippen molar-refractivity contribution in [3.05, 3.63) is 34.8 Å². The van der Waals surface area contributed by atoms with Crippen LogP contribution in [-0.4, -0.2) is 41.2 Å². The summed E-state index contributed by atoms with van der Waals surface area (Å²) in [5.41, 5.74) is 1.30. The molecular formula is C19H26N2O4. The molecule has 0 unspecified atom stereocenters. The van der Waals surface area contributed by atoms with Gasteiger partial charge in [-0.2, -0.15) is 0 Å². The molecule has 1 fully saturated rings. The van der Waals surface area contributed by atoms with Gasteiger partial charge in [0.1, 0.15) is 0 Å². The molecule has 0 bridgehead atoms. The van der Waals surface area contributed by atoms with E-state index in [0.29, 0.717) is 24.5 Å². The number of oxazole rings is 1. The van der Waals surface area contributed by atoms with Crippen molar-refractivity contribution < 1.29 is 13.9 Å². The molecule has 0 saturated carbocycles. The van der Waals surface area contributed by atoms with E-state index in [1.165, 1.54) is 4.57 Å². The van der Waals surface area contributed by atoms with Crippen LogP contribution in [0.5, 0.6) is 0 Å². The average molecular weight is 346 g/mol. The van der Waals surface area contributed by atoms with Crippen LogP contribution in [-0.2, 0) is 16.1 Å². The monoisotopic (exact) mass is 346 g/mol. The predicted octanol–water partition coefficient (Wildman–Crippen LogP) is 2.65. The molecule has 1 aliphatic heterocycles. The molecule has 1 aliphatic rings. The molecule has 1 saturated heterocycles. The van der Waals surface area contributed by atoms with E-state index in [4.69, 9.17) is 9.15 Å². The lowest BCUT2D eigenvalue weighted by Gasteiger charge is -2.32. The minimum atomic E-state index is -0.408. The van der Waals surface area contributed by atoms with Crippen molar-refractivity contribution in [3.8, 4) is 0 Å². The average Bonchev–Trinajstić information content (AvgIpc) is 2.93. The van der Waals surface area contributed by atoms with Gasteiger partial charge in [0, 0.05) is 32.7 Å². The number of carbonyl (C=O) groups is 1. The van der Waals surface area contributed by atoms with Crippen molar-refractivity contribution in [1.82, 2.24) is 9.47 Å². The van der Waals surface area contributed by atoms with Crippen molar-refractivity contribution in [2.24, 2.45) is 5.92 Å². The van der Waals surface area contributed by atoms with E-state index in [2.05, 4.69) is 13.8 Å². The molecule has 0 radical (unpaired) electrons. The van der Waals surface area contributed by atoms with E-state index in [-0.39, 0.29) is 12.0 Å². The van der Waals surface area contributed by atoms with Gasteiger partial charge in [-0.05, 0) is 30.9 Å². The molecule has 1 aromatic heterocycles. The minimum absolute atomic E-state index is 0.0829. The third-order valence-electron chi connectivity index (χ3n) is 4.58. The first-order valence-corrected chi connectivity index (χ1v) is 9.02. The van der Waals surface area contributed by atoms with Gasteiger partial charge in [0.2, 0.25) is 5.91 Å². The molecule has 2 heterocycles. The van der Waals surface area contributed by atoms with Gasteiger partial charge in [-0.3, -0.25) is 9.36 Å². The molecule has 3 rings (SSSR count). The van der Waals surface area contributed by atoms with Gasteiger partial charge in [-0.1, -0.05) is 26.0 Å². The highest BCUT2D eigenvalue weighted by Crippen LogP contribution is 2.17.